The van der Waals surface area contributed by atoms with Gasteiger partial charge in [-0.25, -0.2) is 4.79 Å². The molecular weight excluding hydrogens is 500 g/mol. The van der Waals surface area contributed by atoms with E-state index in [4.69, 9.17) is 4.98 Å². The van der Waals surface area contributed by atoms with Crippen LogP contribution in [0.1, 0.15) is 48.6 Å². The number of hydrogen-bond donors (Lipinski definition) is 1. The van der Waals surface area contributed by atoms with Crippen molar-refractivity contribution in [1.29, 1.82) is 0 Å². The number of pyridine rings is 1. The van der Waals surface area contributed by atoms with Crippen LogP contribution in [-0.2, 0) is 39.9 Å². The molecule has 1 aliphatic carbocycles. The molecule has 1 unspecified atom stereocenters. The lowest BCUT2D eigenvalue weighted by Crippen LogP contribution is -2.44. The Hall–Kier alpha value is -4.52. The van der Waals surface area contributed by atoms with Gasteiger partial charge in [-0.3, -0.25) is 19.5 Å². The van der Waals surface area contributed by atoms with Crippen molar-refractivity contribution in [2.75, 3.05) is 5.32 Å². The van der Waals surface area contributed by atoms with Crippen LogP contribution in [0.2, 0.25) is 0 Å². The van der Waals surface area contributed by atoms with E-state index in [9.17, 15) is 14.4 Å². The molecule has 200 valence electrons. The van der Waals surface area contributed by atoms with Gasteiger partial charge in [0.2, 0.25) is 5.91 Å². The number of urea groups is 1. The van der Waals surface area contributed by atoms with Gasteiger partial charge < -0.3 is 10.2 Å². The number of fused-ring (bicyclic) bond motifs is 4. The van der Waals surface area contributed by atoms with Crippen molar-refractivity contribution in [3.63, 3.8) is 0 Å². The van der Waals surface area contributed by atoms with Crippen LogP contribution < -0.4 is 5.32 Å². The number of carbonyl (C=O) groups excluding carboxylic acids is 3. The van der Waals surface area contributed by atoms with Crippen molar-refractivity contribution in [2.45, 2.75) is 57.2 Å². The number of nitrogens with zero attached hydrogens (tertiary/aromatic N) is 3. The Morgan fingerprint density at radius 2 is 1.62 bits per heavy atom. The summed E-state index contributed by atoms with van der Waals surface area (Å²) in [6, 6.07) is 23.2. The lowest BCUT2D eigenvalue weighted by molar-refractivity contribution is -0.134. The van der Waals surface area contributed by atoms with Crippen molar-refractivity contribution in [3.8, 4) is 0 Å². The number of aromatic nitrogens is 1. The maximum atomic E-state index is 13.7. The van der Waals surface area contributed by atoms with Crippen LogP contribution in [0.5, 0.6) is 0 Å². The minimum absolute atomic E-state index is 0.0507. The van der Waals surface area contributed by atoms with Crippen molar-refractivity contribution in [2.24, 2.45) is 0 Å². The van der Waals surface area contributed by atoms with Gasteiger partial charge in [-0.1, -0.05) is 48.5 Å². The third-order valence-corrected chi connectivity index (χ3v) is 8.97. The topological polar surface area (TPSA) is 82.6 Å². The Labute approximate surface area is 232 Å². The molecule has 4 amide bonds. The van der Waals surface area contributed by atoms with Gasteiger partial charge in [0.15, 0.2) is 0 Å². The standard InChI is InChI=1S/C33H30N4O3/c1-20(2)37-30(39)32(3,25-9-5-4-6-10-25)36(31(37)40)19-21-13-22-14-23-16-33(17-24(23)15-28(22)34-18-21)26-11-7-8-12-27(26)35-29(33)38/h4-15,18,20H,16-17,19H2,1-3H3,(H,35,38)/t32?,33-/m0/s1. The van der Waals surface area contributed by atoms with Crippen molar-refractivity contribution >= 4 is 34.4 Å². The quantitative estimate of drug-likeness (QED) is 0.363. The first-order chi connectivity index (χ1) is 19.2. The number of nitrogens with one attached hydrogen (secondary N) is 1. The number of rotatable bonds is 4. The van der Waals surface area contributed by atoms with Crippen LogP contribution in [0.4, 0.5) is 10.5 Å². The fourth-order valence-electron chi connectivity index (χ4n) is 6.83. The molecule has 1 spiro atoms. The van der Waals surface area contributed by atoms with Gasteiger partial charge in [-0.15, -0.1) is 0 Å². The van der Waals surface area contributed by atoms with Gasteiger partial charge in [0, 0.05) is 23.3 Å². The maximum Gasteiger partial charge on any atom is 0.328 e. The predicted molar refractivity (Wildman–Crippen MR) is 153 cm³/mol. The normalized spacial score (nSPS) is 23.4. The van der Waals surface area contributed by atoms with Gasteiger partial charge in [0.25, 0.3) is 5.91 Å². The van der Waals surface area contributed by atoms with Gasteiger partial charge in [-0.2, -0.15) is 0 Å². The van der Waals surface area contributed by atoms with E-state index in [2.05, 4.69) is 23.5 Å². The number of benzene rings is 3. The lowest BCUT2D eigenvalue weighted by atomic mass is 9.79. The van der Waals surface area contributed by atoms with Crippen molar-refractivity contribution < 1.29 is 14.4 Å². The zero-order valence-electron chi connectivity index (χ0n) is 22.8. The third-order valence-electron chi connectivity index (χ3n) is 8.97. The number of amides is 4. The minimum atomic E-state index is -1.12. The first-order valence-corrected chi connectivity index (χ1v) is 13.7. The molecule has 2 atom stereocenters. The fourth-order valence-corrected chi connectivity index (χ4v) is 6.83. The largest absolute Gasteiger partial charge is 0.328 e. The zero-order chi connectivity index (χ0) is 27.8. The molecule has 7 nitrogen and oxygen atoms in total. The number of anilines is 1. The number of carbonyl (C=O) groups is 3. The molecular formula is C33H30N4O3. The summed E-state index contributed by atoms with van der Waals surface area (Å²) in [7, 11) is 0. The highest BCUT2D eigenvalue weighted by molar-refractivity contribution is 6.08. The molecule has 0 saturated carbocycles. The van der Waals surface area contributed by atoms with Crippen LogP contribution in [0.15, 0.2) is 79.0 Å². The molecule has 3 heterocycles. The number of imide groups is 1. The second kappa shape index (κ2) is 8.49. The summed E-state index contributed by atoms with van der Waals surface area (Å²) in [6.45, 7) is 5.80. The smallest absolute Gasteiger partial charge is 0.325 e. The van der Waals surface area contributed by atoms with E-state index in [1.807, 2.05) is 75.4 Å². The van der Waals surface area contributed by atoms with Gasteiger partial charge in [-0.05, 0) is 85.7 Å². The average molecular weight is 531 g/mol. The van der Waals surface area contributed by atoms with Crippen LogP contribution >= 0.6 is 0 Å². The molecule has 1 fully saturated rings. The summed E-state index contributed by atoms with van der Waals surface area (Å²) >= 11 is 0. The van der Waals surface area contributed by atoms with E-state index in [-0.39, 0.29) is 30.4 Å². The van der Waals surface area contributed by atoms with E-state index in [1.165, 1.54) is 4.90 Å². The first-order valence-electron chi connectivity index (χ1n) is 13.7. The zero-order valence-corrected chi connectivity index (χ0v) is 22.8. The van der Waals surface area contributed by atoms with Crippen molar-refractivity contribution in [1.82, 2.24) is 14.8 Å². The highest BCUT2D eigenvalue weighted by atomic mass is 16.2. The predicted octanol–water partition coefficient (Wildman–Crippen LogP) is 5.31. The molecule has 3 aliphatic rings. The summed E-state index contributed by atoms with van der Waals surface area (Å²) < 4.78 is 0. The van der Waals surface area contributed by atoms with Gasteiger partial charge >= 0.3 is 6.03 Å². The Bertz CT molecular complexity index is 1730. The number of hydrogen-bond acceptors (Lipinski definition) is 4. The SMILES string of the molecule is CC(C)N1C(=O)N(Cc2cnc3cc4c(cc3c2)C[C@@]2(C4)C(=O)Nc3ccccc32)C(C)(c2ccccc2)C1=O. The molecule has 1 saturated heterocycles. The fraction of sp³-hybridized carbons (Fsp3) is 0.273. The van der Waals surface area contributed by atoms with Gasteiger partial charge in [0.1, 0.15) is 5.54 Å². The molecule has 4 aromatic rings. The van der Waals surface area contributed by atoms with Crippen molar-refractivity contribution in [3.05, 3.63) is 107 Å². The van der Waals surface area contributed by atoms with Crippen LogP contribution in [-0.4, -0.2) is 38.7 Å². The van der Waals surface area contributed by atoms with Gasteiger partial charge in [0.05, 0.1) is 17.5 Å². The lowest BCUT2D eigenvalue weighted by Gasteiger charge is -2.32. The third kappa shape index (κ3) is 3.30. The summed E-state index contributed by atoms with van der Waals surface area (Å²) in [6.07, 6.45) is 3.08. The monoisotopic (exact) mass is 530 g/mol. The summed E-state index contributed by atoms with van der Waals surface area (Å²) in [5.41, 5.74) is 5.01. The molecule has 40 heavy (non-hydrogen) atoms. The highest BCUT2D eigenvalue weighted by Crippen LogP contribution is 2.48. The summed E-state index contributed by atoms with van der Waals surface area (Å²) in [4.78, 5) is 48.2. The molecule has 7 heteroatoms. The Morgan fingerprint density at radius 1 is 0.925 bits per heavy atom. The Balaban J connectivity index is 1.25. The summed E-state index contributed by atoms with van der Waals surface area (Å²) in [5.74, 6) is -0.166. The second-order valence-corrected chi connectivity index (χ2v) is 11.7. The molecule has 0 bridgehead atoms. The van der Waals surface area contributed by atoms with Crippen LogP contribution in [0.25, 0.3) is 10.9 Å². The maximum absolute atomic E-state index is 13.7. The molecule has 0 radical (unpaired) electrons. The highest BCUT2D eigenvalue weighted by Gasteiger charge is 2.56. The Morgan fingerprint density at radius 3 is 2.38 bits per heavy atom. The van der Waals surface area contributed by atoms with E-state index >= 15 is 0 Å². The van der Waals surface area contributed by atoms with E-state index in [0.717, 1.165) is 44.4 Å². The van der Waals surface area contributed by atoms with Crippen LogP contribution in [0, 0.1) is 0 Å². The second-order valence-electron chi connectivity index (χ2n) is 11.7. The first kappa shape index (κ1) is 24.5. The van der Waals surface area contributed by atoms with E-state index < -0.39 is 11.0 Å². The minimum Gasteiger partial charge on any atom is -0.325 e. The average Bonchev–Trinajstić information content (AvgIpc) is 3.52. The molecule has 1 N–H and O–H groups in total. The molecule has 7 rings (SSSR count). The molecule has 3 aromatic carbocycles. The summed E-state index contributed by atoms with van der Waals surface area (Å²) in [5, 5.41) is 4.03. The molecule has 1 aromatic heterocycles. The van der Waals surface area contributed by atoms with E-state index in [1.54, 1.807) is 11.1 Å². The van der Waals surface area contributed by atoms with Crippen LogP contribution in [0.3, 0.4) is 0 Å². The number of para-hydroxylation sites is 1. The van der Waals surface area contributed by atoms with E-state index in [0.29, 0.717) is 12.8 Å². The molecule has 2 aliphatic heterocycles. The Kier molecular flexibility index (Phi) is 5.20.